The topological polar surface area (TPSA) is 41.1 Å². The number of amides is 2. The standard InChI is InChI=1S/C12H10ClFN2O.In/c1-3-8(2)16-12(17)15-7-9-4-5-11(14)10(13)6-9;/h1-6H,7H2,(H2,15,16,17);. The number of nitrogens with one attached hydrogen (secondary N) is 2. The number of hydrogen-bond acceptors (Lipinski definition) is 1. The number of hydrogen-bond donors (Lipinski definition) is 2. The van der Waals surface area contributed by atoms with Gasteiger partial charge >= 0.3 is 121 Å². The van der Waals surface area contributed by atoms with Crippen LogP contribution >= 0.6 is 11.6 Å². The van der Waals surface area contributed by atoms with Crippen LogP contribution in [0.25, 0.3) is 0 Å². The summed E-state index contributed by atoms with van der Waals surface area (Å²) in [6.45, 7) is 0.310. The zero-order chi connectivity index (χ0) is 13.0. The van der Waals surface area contributed by atoms with Gasteiger partial charge in [-0.25, -0.2) is 0 Å². The fourth-order valence-electron chi connectivity index (χ4n) is 1.46. The molecular weight excluding hydrogens is 357 g/mol. The number of benzene rings is 1. The molecule has 0 saturated heterocycles. The number of allylic oxidation sites excluding steroid dienone is 1. The molecule has 0 aromatic heterocycles. The van der Waals surface area contributed by atoms with Gasteiger partial charge in [-0.2, -0.15) is 0 Å². The first kappa shape index (κ1) is 13.5. The minimum absolute atomic E-state index is 0.0596. The van der Waals surface area contributed by atoms with Gasteiger partial charge in [0.1, 0.15) is 0 Å². The van der Waals surface area contributed by atoms with Crippen molar-refractivity contribution in [2.45, 2.75) is 6.54 Å². The second kappa shape index (κ2) is 6.29. The van der Waals surface area contributed by atoms with E-state index in [9.17, 15) is 9.18 Å². The van der Waals surface area contributed by atoms with Crippen molar-refractivity contribution in [2.24, 2.45) is 0 Å². The summed E-state index contributed by atoms with van der Waals surface area (Å²) in [6, 6.07) is 4.11. The molecule has 0 spiro atoms. The molecule has 1 aromatic carbocycles. The summed E-state index contributed by atoms with van der Waals surface area (Å²) in [5, 5.41) is 5.49. The fraction of sp³-hybridized carbons (Fsp3) is 0.0833. The average Bonchev–Trinajstić information content (AvgIpc) is 2.83. The molecule has 0 atom stereocenters. The molecule has 91 valence electrons. The first-order valence-electron chi connectivity index (χ1n) is 5.35. The SMILES string of the molecule is O=C(NCc1ccc(F)c(Cl)c1)NC1=[CH][In][CH]=C1. The van der Waals surface area contributed by atoms with Gasteiger partial charge in [0.2, 0.25) is 0 Å². The van der Waals surface area contributed by atoms with E-state index >= 15 is 0 Å². The van der Waals surface area contributed by atoms with E-state index in [0.717, 1.165) is 11.3 Å². The molecule has 1 aliphatic heterocycles. The molecule has 0 unspecified atom stereocenters. The van der Waals surface area contributed by atoms with Crippen LogP contribution in [0.3, 0.4) is 0 Å². The van der Waals surface area contributed by atoms with Crippen LogP contribution in [0.4, 0.5) is 9.18 Å². The van der Waals surface area contributed by atoms with E-state index in [1.165, 1.54) is 12.1 Å². The third kappa shape index (κ3) is 3.78. The molecule has 1 aromatic rings. The summed E-state index contributed by atoms with van der Waals surface area (Å²) in [6.07, 6.45) is 1.93. The molecule has 3 nitrogen and oxygen atoms in total. The molecule has 1 radical (unpaired) electrons. The number of urea groups is 1. The molecule has 6 heteroatoms. The van der Waals surface area contributed by atoms with Gasteiger partial charge in [-0.1, -0.05) is 0 Å². The van der Waals surface area contributed by atoms with E-state index in [0.29, 0.717) is 6.54 Å². The predicted molar refractivity (Wildman–Crippen MR) is 69.8 cm³/mol. The van der Waals surface area contributed by atoms with Crippen molar-refractivity contribution in [3.63, 3.8) is 0 Å². The maximum absolute atomic E-state index is 12.9. The van der Waals surface area contributed by atoms with Crippen LogP contribution in [0.5, 0.6) is 0 Å². The minimum atomic E-state index is -0.672. The van der Waals surface area contributed by atoms with Gasteiger partial charge in [-0.05, 0) is 0 Å². The third-order valence-electron chi connectivity index (χ3n) is 2.36. The van der Waals surface area contributed by atoms with Crippen LogP contribution in [0.15, 0.2) is 37.6 Å². The third-order valence-corrected chi connectivity index (χ3v) is 5.41. The van der Waals surface area contributed by atoms with E-state index in [1.807, 2.05) is 6.08 Å². The molecule has 2 amide bonds. The van der Waals surface area contributed by atoms with Gasteiger partial charge in [0.05, 0.1) is 0 Å². The van der Waals surface area contributed by atoms with Crippen molar-refractivity contribution in [1.29, 1.82) is 0 Å². The molecule has 2 N–H and O–H groups in total. The zero-order valence-electron chi connectivity index (χ0n) is 9.41. The van der Waals surface area contributed by atoms with Crippen molar-refractivity contribution in [1.82, 2.24) is 10.6 Å². The molecular formula is C12H10ClFInN2O. The Morgan fingerprint density at radius 2 is 2.28 bits per heavy atom. The van der Waals surface area contributed by atoms with Crippen LogP contribution in [0.2, 0.25) is 5.02 Å². The summed E-state index contributed by atoms with van der Waals surface area (Å²) in [4.78, 5) is 11.5. The molecule has 0 aliphatic carbocycles. The Morgan fingerprint density at radius 3 is 2.94 bits per heavy atom. The quantitative estimate of drug-likeness (QED) is 0.846. The van der Waals surface area contributed by atoms with Gasteiger partial charge < -0.3 is 0 Å². The Kier molecular flexibility index (Phi) is 4.72. The Morgan fingerprint density at radius 1 is 1.44 bits per heavy atom. The molecule has 1 heterocycles. The summed E-state index contributed by atoms with van der Waals surface area (Å²) in [5.41, 5.74) is 1.62. The first-order chi connectivity index (χ1) is 8.65. The molecule has 0 bridgehead atoms. The average molecular weight is 367 g/mol. The zero-order valence-corrected chi connectivity index (χ0v) is 13.5. The number of rotatable bonds is 3. The van der Waals surface area contributed by atoms with Crippen LogP contribution in [0, 0.1) is 5.82 Å². The number of carbonyl (C=O) groups is 1. The fourth-order valence-corrected chi connectivity index (χ4v) is 4.04. The summed E-state index contributed by atoms with van der Waals surface area (Å²) < 4.78 is 17.2. The molecule has 18 heavy (non-hydrogen) atoms. The van der Waals surface area contributed by atoms with Crippen LogP contribution < -0.4 is 10.6 Å². The molecule has 0 saturated carbocycles. The van der Waals surface area contributed by atoms with Gasteiger partial charge in [0, 0.05) is 0 Å². The maximum atomic E-state index is 12.9. The van der Waals surface area contributed by atoms with Crippen LogP contribution in [-0.4, -0.2) is 28.9 Å². The van der Waals surface area contributed by atoms with Crippen LogP contribution in [-0.2, 0) is 6.54 Å². The Bertz CT molecular complexity index is 531. The Balaban J connectivity index is 1.85. The second-order valence-corrected chi connectivity index (χ2v) is 7.29. The molecule has 1 aliphatic rings. The van der Waals surface area contributed by atoms with Gasteiger partial charge in [-0.15, -0.1) is 0 Å². The monoisotopic (exact) mass is 367 g/mol. The van der Waals surface area contributed by atoms with Crippen molar-refractivity contribution in [3.05, 3.63) is 54.0 Å². The summed E-state index contributed by atoms with van der Waals surface area (Å²) in [7, 11) is 0. The summed E-state index contributed by atoms with van der Waals surface area (Å²) in [5.74, 6) is -0.460. The summed E-state index contributed by atoms with van der Waals surface area (Å²) >= 11 is 4.98. The second-order valence-electron chi connectivity index (χ2n) is 3.73. The first-order valence-corrected chi connectivity index (χ1v) is 9.54. The van der Waals surface area contributed by atoms with Gasteiger partial charge in [0.15, 0.2) is 0 Å². The van der Waals surface area contributed by atoms with Gasteiger partial charge in [-0.3, -0.25) is 0 Å². The van der Waals surface area contributed by atoms with Crippen molar-refractivity contribution in [3.8, 4) is 0 Å². The van der Waals surface area contributed by atoms with E-state index in [-0.39, 0.29) is 11.1 Å². The normalized spacial score (nSPS) is 12.9. The van der Waals surface area contributed by atoms with Gasteiger partial charge in [0.25, 0.3) is 0 Å². The van der Waals surface area contributed by atoms with E-state index in [4.69, 9.17) is 11.6 Å². The van der Waals surface area contributed by atoms with E-state index in [1.54, 1.807) is 6.07 Å². The van der Waals surface area contributed by atoms with E-state index in [2.05, 4.69) is 18.3 Å². The number of halogens is 2. The predicted octanol–water partition coefficient (Wildman–Crippen LogP) is 2.35. The van der Waals surface area contributed by atoms with Crippen molar-refractivity contribution < 1.29 is 9.18 Å². The van der Waals surface area contributed by atoms with E-state index < -0.39 is 28.7 Å². The van der Waals surface area contributed by atoms with Crippen molar-refractivity contribution >= 4 is 40.5 Å². The van der Waals surface area contributed by atoms with Crippen LogP contribution in [0.1, 0.15) is 5.56 Å². The Labute approximate surface area is 120 Å². The Hall–Kier alpha value is -0.940. The van der Waals surface area contributed by atoms with Crippen molar-refractivity contribution in [2.75, 3.05) is 0 Å². The molecule has 2 rings (SSSR count). The molecule has 0 fully saturated rings. The number of carbonyl (C=O) groups excluding carboxylic acids is 1.